The van der Waals surface area contributed by atoms with Gasteiger partial charge in [0.25, 0.3) is 0 Å². The summed E-state index contributed by atoms with van der Waals surface area (Å²) >= 11 is 0. The summed E-state index contributed by atoms with van der Waals surface area (Å²) in [5.41, 5.74) is 16.6. The molecule has 282 valence electrons. The monoisotopic (exact) mass is 765 g/mol. The van der Waals surface area contributed by atoms with Crippen LogP contribution in [0.4, 0.5) is 17.1 Å². The molecule has 0 bridgehead atoms. The number of hydrogen-bond donors (Lipinski definition) is 0. The maximum absolute atomic E-state index is 6.78. The van der Waals surface area contributed by atoms with Crippen LogP contribution in [0.1, 0.15) is 0 Å². The van der Waals surface area contributed by atoms with Gasteiger partial charge in [0.15, 0.2) is 0 Å². The number of nitrogens with zero attached hydrogens (tertiary/aromatic N) is 1. The number of benzene rings is 10. The highest BCUT2D eigenvalue weighted by Crippen LogP contribution is 2.47. The molecule has 0 saturated heterocycles. The molecule has 0 amide bonds. The van der Waals surface area contributed by atoms with Gasteiger partial charge in [-0.15, -0.1) is 0 Å². The smallest absolute Gasteiger partial charge is 0.145 e. The van der Waals surface area contributed by atoms with E-state index in [9.17, 15) is 0 Å². The van der Waals surface area contributed by atoms with E-state index in [1.165, 1.54) is 38.6 Å². The van der Waals surface area contributed by atoms with Crippen LogP contribution in [0, 0.1) is 0 Å². The largest absolute Gasteiger partial charge is 0.455 e. The van der Waals surface area contributed by atoms with E-state index in [2.05, 4.69) is 235 Å². The van der Waals surface area contributed by atoms with Crippen LogP contribution in [-0.2, 0) is 0 Å². The van der Waals surface area contributed by atoms with E-state index in [1.54, 1.807) is 0 Å². The van der Waals surface area contributed by atoms with Gasteiger partial charge in [-0.3, -0.25) is 0 Å². The van der Waals surface area contributed by atoms with Crippen molar-refractivity contribution in [2.75, 3.05) is 4.90 Å². The van der Waals surface area contributed by atoms with Crippen molar-refractivity contribution >= 4 is 49.8 Å². The SMILES string of the molecule is c1ccc(-c2cccc(-c3cccc(N(c4ccc(-c5ccc6cccc(-c7ccccc7)c6c5)cc4)c4ccc(-c5ccccc5)c5oc6ccccc6c45)c3)c2)cc1. The van der Waals surface area contributed by atoms with E-state index in [1.807, 2.05) is 6.07 Å². The highest BCUT2D eigenvalue weighted by Gasteiger charge is 2.22. The Balaban J connectivity index is 1.08. The van der Waals surface area contributed by atoms with Crippen LogP contribution in [0.15, 0.2) is 241 Å². The zero-order chi connectivity index (χ0) is 39.8. The summed E-state index contributed by atoms with van der Waals surface area (Å²) in [5, 5.41) is 4.63. The number of anilines is 3. The van der Waals surface area contributed by atoms with Gasteiger partial charge >= 0.3 is 0 Å². The third-order valence-electron chi connectivity index (χ3n) is 11.7. The molecular formula is C58H39NO. The lowest BCUT2D eigenvalue weighted by Gasteiger charge is -2.27. The minimum absolute atomic E-state index is 0.866. The third kappa shape index (κ3) is 6.41. The van der Waals surface area contributed by atoms with E-state index in [4.69, 9.17) is 4.42 Å². The predicted molar refractivity (Wildman–Crippen MR) is 253 cm³/mol. The maximum Gasteiger partial charge on any atom is 0.145 e. The molecule has 2 nitrogen and oxygen atoms in total. The predicted octanol–water partition coefficient (Wildman–Crippen LogP) is 16.5. The van der Waals surface area contributed by atoms with Gasteiger partial charge < -0.3 is 9.32 Å². The first-order valence-corrected chi connectivity index (χ1v) is 20.5. The summed E-state index contributed by atoms with van der Waals surface area (Å²) < 4.78 is 6.78. The van der Waals surface area contributed by atoms with Crippen molar-refractivity contribution in [1.82, 2.24) is 0 Å². The second kappa shape index (κ2) is 15.1. The first-order chi connectivity index (χ1) is 29.7. The summed E-state index contributed by atoms with van der Waals surface area (Å²) in [7, 11) is 0. The number of fused-ring (bicyclic) bond motifs is 4. The molecule has 0 saturated carbocycles. The van der Waals surface area contributed by atoms with E-state index < -0.39 is 0 Å². The zero-order valence-electron chi connectivity index (χ0n) is 32.9. The van der Waals surface area contributed by atoms with E-state index in [0.717, 1.165) is 66.8 Å². The Kier molecular flexibility index (Phi) is 8.87. The van der Waals surface area contributed by atoms with E-state index in [-0.39, 0.29) is 0 Å². The average Bonchev–Trinajstić information content (AvgIpc) is 3.73. The fraction of sp³-hybridized carbons (Fsp3) is 0. The topological polar surface area (TPSA) is 16.4 Å². The first-order valence-electron chi connectivity index (χ1n) is 20.5. The summed E-state index contributed by atoms with van der Waals surface area (Å²) in [4.78, 5) is 2.39. The van der Waals surface area contributed by atoms with E-state index in [0.29, 0.717) is 0 Å². The highest BCUT2D eigenvalue weighted by molar-refractivity contribution is 6.17. The minimum atomic E-state index is 0.866. The molecule has 2 heteroatoms. The molecule has 1 aromatic heterocycles. The van der Waals surface area contributed by atoms with Crippen LogP contribution in [0.2, 0.25) is 0 Å². The van der Waals surface area contributed by atoms with Crippen LogP contribution in [0.3, 0.4) is 0 Å². The molecule has 1 heterocycles. The van der Waals surface area contributed by atoms with Crippen LogP contribution < -0.4 is 4.90 Å². The van der Waals surface area contributed by atoms with Crippen molar-refractivity contribution in [2.45, 2.75) is 0 Å². The molecule has 0 fully saturated rings. The van der Waals surface area contributed by atoms with Gasteiger partial charge in [-0.05, 0) is 115 Å². The lowest BCUT2D eigenvalue weighted by Crippen LogP contribution is -2.10. The Hall–Kier alpha value is -7.94. The summed E-state index contributed by atoms with van der Waals surface area (Å²) in [6, 6.07) is 84.8. The fourth-order valence-corrected chi connectivity index (χ4v) is 8.73. The standard InChI is InChI=1S/C58H39NO/c1-4-15-40(16-5-1)45-22-12-23-46(37-45)47-24-13-25-50(38-47)59(55-36-35-52(43-19-8-3-9-20-43)58-57(55)53-26-10-11-28-56(53)60-58)49-33-31-41(32-34-49)48-30-29-44-21-14-27-51(54(44)39-48)42-17-6-2-7-18-42/h1-39H. The molecule has 0 radical (unpaired) electrons. The number of furan rings is 1. The molecular weight excluding hydrogens is 727 g/mol. The summed E-state index contributed by atoms with van der Waals surface area (Å²) in [5.74, 6) is 0. The Morgan fingerprint density at radius 1 is 0.300 bits per heavy atom. The molecule has 11 rings (SSSR count). The molecule has 0 aliphatic heterocycles. The molecule has 10 aromatic carbocycles. The molecule has 11 aromatic rings. The van der Waals surface area contributed by atoms with Gasteiger partial charge in [-0.2, -0.15) is 0 Å². The minimum Gasteiger partial charge on any atom is -0.455 e. The number of para-hydroxylation sites is 1. The van der Waals surface area contributed by atoms with Crippen LogP contribution >= 0.6 is 0 Å². The van der Waals surface area contributed by atoms with Crippen molar-refractivity contribution in [3.05, 3.63) is 237 Å². The Morgan fingerprint density at radius 2 is 0.850 bits per heavy atom. The van der Waals surface area contributed by atoms with Crippen molar-refractivity contribution in [1.29, 1.82) is 0 Å². The summed E-state index contributed by atoms with van der Waals surface area (Å²) in [6.07, 6.45) is 0. The highest BCUT2D eigenvalue weighted by atomic mass is 16.3. The van der Waals surface area contributed by atoms with Crippen molar-refractivity contribution in [2.24, 2.45) is 0 Å². The molecule has 0 unspecified atom stereocenters. The van der Waals surface area contributed by atoms with Gasteiger partial charge in [0.1, 0.15) is 11.2 Å². The van der Waals surface area contributed by atoms with Crippen LogP contribution in [0.5, 0.6) is 0 Å². The number of hydrogen-bond acceptors (Lipinski definition) is 2. The molecule has 60 heavy (non-hydrogen) atoms. The van der Waals surface area contributed by atoms with Gasteiger partial charge in [-0.1, -0.05) is 182 Å². The van der Waals surface area contributed by atoms with Crippen molar-refractivity contribution in [3.8, 4) is 55.6 Å². The molecule has 0 aliphatic carbocycles. The second-order valence-electron chi connectivity index (χ2n) is 15.3. The summed E-state index contributed by atoms with van der Waals surface area (Å²) in [6.45, 7) is 0. The van der Waals surface area contributed by atoms with Crippen LogP contribution in [-0.4, -0.2) is 0 Å². The van der Waals surface area contributed by atoms with Gasteiger partial charge in [0.2, 0.25) is 0 Å². The quantitative estimate of drug-likeness (QED) is 0.153. The van der Waals surface area contributed by atoms with Crippen molar-refractivity contribution < 1.29 is 4.42 Å². The zero-order valence-corrected chi connectivity index (χ0v) is 32.9. The molecule has 0 N–H and O–H groups in total. The maximum atomic E-state index is 6.78. The van der Waals surface area contributed by atoms with E-state index >= 15 is 0 Å². The number of rotatable bonds is 8. The molecule has 0 aliphatic rings. The normalized spacial score (nSPS) is 11.3. The van der Waals surface area contributed by atoms with Gasteiger partial charge in [0, 0.05) is 22.3 Å². The van der Waals surface area contributed by atoms with Gasteiger partial charge in [0.05, 0.1) is 11.1 Å². The van der Waals surface area contributed by atoms with Crippen LogP contribution in [0.25, 0.3) is 88.3 Å². The van der Waals surface area contributed by atoms with Gasteiger partial charge in [-0.25, -0.2) is 0 Å². The third-order valence-corrected chi connectivity index (χ3v) is 11.7. The Labute approximate surface area is 349 Å². The fourth-order valence-electron chi connectivity index (χ4n) is 8.73. The first kappa shape index (κ1) is 35.2. The Bertz CT molecular complexity index is 3290. The molecule has 0 spiro atoms. The van der Waals surface area contributed by atoms with Crippen molar-refractivity contribution in [3.63, 3.8) is 0 Å². The lowest BCUT2D eigenvalue weighted by molar-refractivity contribution is 0.670. The second-order valence-corrected chi connectivity index (χ2v) is 15.3. The molecule has 0 atom stereocenters. The average molecular weight is 766 g/mol. The lowest BCUT2D eigenvalue weighted by atomic mass is 9.94. The Morgan fingerprint density at radius 3 is 1.60 bits per heavy atom.